The Balaban J connectivity index is 1.68. The van der Waals surface area contributed by atoms with E-state index in [9.17, 15) is 4.79 Å². The average molecular weight is 512 g/mol. The van der Waals surface area contributed by atoms with Crippen molar-refractivity contribution < 1.29 is 23.4 Å². The Hall–Kier alpha value is -2.03. The molecular formula is C29H41NO5Si. The minimum Gasteiger partial charge on any atom is -0.415 e. The number of amides is 1. The summed E-state index contributed by atoms with van der Waals surface area (Å²) in [5.41, 5.74) is 2.13. The van der Waals surface area contributed by atoms with Gasteiger partial charge in [-0.3, -0.25) is 4.79 Å². The summed E-state index contributed by atoms with van der Waals surface area (Å²) in [4.78, 5) is 15.8. The van der Waals surface area contributed by atoms with Gasteiger partial charge in [-0.1, -0.05) is 81.4 Å². The summed E-state index contributed by atoms with van der Waals surface area (Å²) in [5.74, 6) is -0.940. The maximum absolute atomic E-state index is 13.9. The summed E-state index contributed by atoms with van der Waals surface area (Å²) in [6.45, 7) is 16.1. The number of fused-ring (bicyclic) bond motifs is 1. The number of benzene rings is 2. The lowest BCUT2D eigenvalue weighted by Crippen LogP contribution is -2.65. The fourth-order valence-electron chi connectivity index (χ4n) is 4.59. The van der Waals surface area contributed by atoms with Crippen LogP contribution in [-0.2, 0) is 36.6 Å². The molecule has 6 nitrogen and oxygen atoms in total. The Kier molecular flexibility index (Phi) is 7.79. The summed E-state index contributed by atoms with van der Waals surface area (Å²) in [6, 6.07) is 19.8. The van der Waals surface area contributed by atoms with Gasteiger partial charge in [0.25, 0.3) is 5.91 Å². The van der Waals surface area contributed by atoms with Crippen LogP contribution in [0.1, 0.15) is 45.7 Å². The molecule has 7 heteroatoms. The van der Waals surface area contributed by atoms with Gasteiger partial charge in [0.2, 0.25) is 0 Å². The number of likely N-dealkylation sites (tertiary alicyclic amines) is 1. The van der Waals surface area contributed by atoms with Crippen molar-refractivity contribution in [2.24, 2.45) is 0 Å². The highest BCUT2D eigenvalue weighted by atomic mass is 28.4. The molecule has 2 aliphatic rings. The van der Waals surface area contributed by atoms with E-state index in [1.165, 1.54) is 0 Å². The molecule has 0 radical (unpaired) electrons. The third-order valence-electron chi connectivity index (χ3n) is 7.66. The molecule has 4 rings (SSSR count). The molecule has 0 aromatic heterocycles. The normalized spacial score (nSPS) is 26.2. The van der Waals surface area contributed by atoms with Gasteiger partial charge in [0.05, 0.1) is 19.3 Å². The molecule has 0 N–H and O–H groups in total. The second-order valence-electron chi connectivity index (χ2n) is 11.9. The Morgan fingerprint density at radius 2 is 1.53 bits per heavy atom. The molecule has 0 unspecified atom stereocenters. The number of hydrogen-bond donors (Lipinski definition) is 0. The van der Waals surface area contributed by atoms with Crippen molar-refractivity contribution in [1.82, 2.24) is 4.90 Å². The third-order valence-corrected chi connectivity index (χ3v) is 12.2. The van der Waals surface area contributed by atoms with Gasteiger partial charge in [-0.15, -0.1) is 0 Å². The predicted molar refractivity (Wildman–Crippen MR) is 143 cm³/mol. The van der Waals surface area contributed by atoms with Crippen molar-refractivity contribution >= 4 is 14.2 Å². The summed E-state index contributed by atoms with van der Waals surface area (Å²) in [7, 11) is -2.08. The van der Waals surface area contributed by atoms with Gasteiger partial charge in [0.15, 0.2) is 20.2 Å². The van der Waals surface area contributed by atoms with Crippen LogP contribution >= 0.6 is 0 Å². The molecule has 2 aliphatic heterocycles. The number of ether oxygens (including phenoxy) is 3. The van der Waals surface area contributed by atoms with Crippen LogP contribution in [0.4, 0.5) is 0 Å². The zero-order valence-corrected chi connectivity index (χ0v) is 23.7. The van der Waals surface area contributed by atoms with Crippen LogP contribution < -0.4 is 0 Å². The summed E-state index contributed by atoms with van der Waals surface area (Å²) >= 11 is 0. The first kappa shape index (κ1) is 27.0. The zero-order chi connectivity index (χ0) is 26.1. The van der Waals surface area contributed by atoms with E-state index >= 15 is 0 Å². The SMILES string of the molecule is CC1(C)O[C@H]2[C@H](OCc3ccccc3)[C@H](CO[Si](C)(C)C(C)(C)C)N(Cc3ccccc3)C(=O)[C@H]2O1. The quantitative estimate of drug-likeness (QED) is 0.437. The molecule has 36 heavy (non-hydrogen) atoms. The Labute approximate surface area is 217 Å². The molecule has 2 saturated heterocycles. The number of carbonyl (C=O) groups is 1. The number of nitrogens with zero attached hydrogens (tertiary/aromatic N) is 1. The van der Waals surface area contributed by atoms with Crippen LogP contribution in [0.5, 0.6) is 0 Å². The average Bonchev–Trinajstić information content (AvgIpc) is 3.15. The fraction of sp³-hybridized carbons (Fsp3) is 0.552. The lowest BCUT2D eigenvalue weighted by atomic mass is 9.92. The van der Waals surface area contributed by atoms with Gasteiger partial charge >= 0.3 is 0 Å². The second-order valence-corrected chi connectivity index (χ2v) is 16.7. The molecule has 2 aromatic carbocycles. The third kappa shape index (κ3) is 5.92. The van der Waals surface area contributed by atoms with Crippen molar-refractivity contribution in [2.75, 3.05) is 6.61 Å². The molecule has 196 valence electrons. The van der Waals surface area contributed by atoms with Crippen molar-refractivity contribution in [1.29, 1.82) is 0 Å². The molecular weight excluding hydrogens is 470 g/mol. The van der Waals surface area contributed by atoms with Crippen LogP contribution in [0.25, 0.3) is 0 Å². The molecule has 2 heterocycles. The topological polar surface area (TPSA) is 57.2 Å². The van der Waals surface area contributed by atoms with Crippen molar-refractivity contribution in [3.05, 3.63) is 71.8 Å². The van der Waals surface area contributed by atoms with Gasteiger partial charge in [-0.25, -0.2) is 0 Å². The molecule has 4 atom stereocenters. The first-order chi connectivity index (χ1) is 16.9. The summed E-state index contributed by atoms with van der Waals surface area (Å²) < 4.78 is 25.7. The molecule has 2 fully saturated rings. The number of carbonyl (C=O) groups excluding carboxylic acids is 1. The van der Waals surface area contributed by atoms with E-state index in [0.717, 1.165) is 11.1 Å². The van der Waals surface area contributed by atoms with Crippen molar-refractivity contribution in [2.45, 2.75) is 96.0 Å². The van der Waals surface area contributed by atoms with Crippen LogP contribution in [0.2, 0.25) is 18.1 Å². The van der Waals surface area contributed by atoms with E-state index in [1.54, 1.807) is 0 Å². The van der Waals surface area contributed by atoms with Gasteiger partial charge in [0, 0.05) is 6.54 Å². The van der Waals surface area contributed by atoms with E-state index in [1.807, 2.05) is 79.4 Å². The van der Waals surface area contributed by atoms with Crippen LogP contribution in [-0.4, -0.2) is 55.9 Å². The highest BCUT2D eigenvalue weighted by Gasteiger charge is 2.58. The highest BCUT2D eigenvalue weighted by molar-refractivity contribution is 6.74. The van der Waals surface area contributed by atoms with Crippen LogP contribution in [0.3, 0.4) is 0 Å². The number of piperidine rings is 1. The van der Waals surface area contributed by atoms with E-state index in [0.29, 0.717) is 19.8 Å². The highest BCUT2D eigenvalue weighted by Crippen LogP contribution is 2.40. The minimum atomic E-state index is -2.08. The number of hydrogen-bond acceptors (Lipinski definition) is 5. The fourth-order valence-corrected chi connectivity index (χ4v) is 5.61. The van der Waals surface area contributed by atoms with Gasteiger partial charge < -0.3 is 23.5 Å². The van der Waals surface area contributed by atoms with E-state index < -0.39 is 32.4 Å². The van der Waals surface area contributed by atoms with Crippen molar-refractivity contribution in [3.8, 4) is 0 Å². The molecule has 0 bridgehead atoms. The molecule has 0 saturated carbocycles. The number of rotatable bonds is 8. The monoisotopic (exact) mass is 511 g/mol. The minimum absolute atomic E-state index is 0.0494. The lowest BCUT2D eigenvalue weighted by Gasteiger charge is -2.46. The second kappa shape index (κ2) is 10.4. The molecule has 2 aromatic rings. The Morgan fingerprint density at radius 3 is 2.11 bits per heavy atom. The summed E-state index contributed by atoms with van der Waals surface area (Å²) in [5, 5.41) is 0.0494. The maximum atomic E-state index is 13.9. The predicted octanol–water partition coefficient (Wildman–Crippen LogP) is 5.52. The van der Waals surface area contributed by atoms with Gasteiger partial charge in [-0.2, -0.15) is 0 Å². The van der Waals surface area contributed by atoms with Gasteiger partial charge in [-0.05, 0) is 43.1 Å². The standard InChI is InChI=1S/C29H41NO5Si/c1-28(2,3)36(6,7)33-20-23-24(32-19-22-16-12-9-13-17-22)25-26(35-29(4,5)34-25)27(31)30(23)18-21-14-10-8-11-15-21/h8-17,23-26H,18-20H2,1-7H3/t23-,24+,25-,26-/m0/s1. The van der Waals surface area contributed by atoms with Crippen LogP contribution in [0, 0.1) is 0 Å². The summed E-state index contributed by atoms with van der Waals surface area (Å²) in [6.07, 6.45) is -1.62. The van der Waals surface area contributed by atoms with Gasteiger partial charge in [0.1, 0.15) is 12.2 Å². The first-order valence-electron chi connectivity index (χ1n) is 12.9. The maximum Gasteiger partial charge on any atom is 0.255 e. The smallest absolute Gasteiger partial charge is 0.255 e. The molecule has 0 spiro atoms. The van der Waals surface area contributed by atoms with E-state index in [-0.39, 0.29) is 17.0 Å². The largest absolute Gasteiger partial charge is 0.415 e. The van der Waals surface area contributed by atoms with Crippen molar-refractivity contribution in [3.63, 3.8) is 0 Å². The van der Waals surface area contributed by atoms with E-state index in [2.05, 4.69) is 33.9 Å². The Morgan fingerprint density at radius 1 is 0.944 bits per heavy atom. The Bertz CT molecular complexity index is 1020. The molecule has 0 aliphatic carbocycles. The van der Waals surface area contributed by atoms with Crippen LogP contribution in [0.15, 0.2) is 60.7 Å². The van der Waals surface area contributed by atoms with E-state index in [4.69, 9.17) is 18.6 Å². The lowest BCUT2D eigenvalue weighted by molar-refractivity contribution is -0.173. The first-order valence-corrected chi connectivity index (χ1v) is 15.8. The molecule has 1 amide bonds. The zero-order valence-electron chi connectivity index (χ0n) is 22.7.